The fraction of sp³-hybridized carbons (Fsp3) is 0.625. The molecule has 6 heteroatoms. The summed E-state index contributed by atoms with van der Waals surface area (Å²) in [5.74, 6) is -0.0965. The first-order chi connectivity index (χ1) is 6.65. The average molecular weight is 198 g/mol. The van der Waals surface area contributed by atoms with Crippen molar-refractivity contribution in [2.75, 3.05) is 6.54 Å². The fourth-order valence-corrected chi connectivity index (χ4v) is 1.14. The highest BCUT2D eigenvalue weighted by molar-refractivity contribution is 5.21. The van der Waals surface area contributed by atoms with E-state index in [1.54, 1.807) is 7.05 Å². The molecule has 0 amide bonds. The van der Waals surface area contributed by atoms with Crippen LogP contribution in [-0.2, 0) is 13.6 Å². The molecule has 0 bridgehead atoms. The van der Waals surface area contributed by atoms with E-state index in [4.69, 9.17) is 0 Å². The number of nitro groups is 1. The van der Waals surface area contributed by atoms with Gasteiger partial charge in [0.2, 0.25) is 0 Å². The third-order valence-corrected chi connectivity index (χ3v) is 1.88. The zero-order valence-corrected chi connectivity index (χ0v) is 8.36. The van der Waals surface area contributed by atoms with Crippen LogP contribution in [0.25, 0.3) is 0 Å². The fourth-order valence-electron chi connectivity index (χ4n) is 1.14. The topological polar surface area (TPSA) is 73.0 Å². The van der Waals surface area contributed by atoms with Crippen molar-refractivity contribution in [3.63, 3.8) is 0 Å². The smallest absolute Gasteiger partial charge is 0.358 e. The lowest BCUT2D eigenvalue weighted by molar-refractivity contribution is -0.389. The van der Waals surface area contributed by atoms with E-state index in [1.807, 2.05) is 0 Å². The van der Waals surface area contributed by atoms with E-state index in [0.29, 0.717) is 6.54 Å². The summed E-state index contributed by atoms with van der Waals surface area (Å²) in [6.45, 7) is 3.59. The third kappa shape index (κ3) is 2.53. The van der Waals surface area contributed by atoms with Gasteiger partial charge in [0.05, 0.1) is 23.9 Å². The molecule has 0 atom stereocenters. The molecule has 1 N–H and O–H groups in total. The largest absolute Gasteiger partial charge is 0.390 e. The van der Waals surface area contributed by atoms with E-state index in [0.717, 1.165) is 18.7 Å². The zero-order chi connectivity index (χ0) is 10.6. The summed E-state index contributed by atoms with van der Waals surface area (Å²) in [7, 11) is 1.70. The Morgan fingerprint density at radius 2 is 2.43 bits per heavy atom. The number of nitrogens with zero attached hydrogens (tertiary/aromatic N) is 3. The molecule has 1 aromatic rings. The maximum Gasteiger partial charge on any atom is 0.390 e. The van der Waals surface area contributed by atoms with Crippen molar-refractivity contribution < 1.29 is 4.92 Å². The number of hydrogen-bond acceptors (Lipinski definition) is 4. The Morgan fingerprint density at radius 1 is 1.71 bits per heavy atom. The molecule has 1 rings (SSSR count). The van der Waals surface area contributed by atoms with E-state index in [-0.39, 0.29) is 5.82 Å². The van der Waals surface area contributed by atoms with Crippen LogP contribution in [0, 0.1) is 10.1 Å². The molecule has 6 nitrogen and oxygen atoms in total. The lowest BCUT2D eigenvalue weighted by Crippen LogP contribution is -2.16. The van der Waals surface area contributed by atoms with Gasteiger partial charge >= 0.3 is 5.82 Å². The highest BCUT2D eigenvalue weighted by atomic mass is 16.6. The SMILES string of the molecule is CCCNCc1cc([N+](=O)[O-])nn1C. The number of aromatic nitrogens is 2. The Bertz CT molecular complexity index is 321. The van der Waals surface area contributed by atoms with E-state index in [9.17, 15) is 10.1 Å². The van der Waals surface area contributed by atoms with Crippen LogP contribution in [0.3, 0.4) is 0 Å². The molecule has 0 aromatic carbocycles. The molecule has 0 spiro atoms. The molecular formula is C8H14N4O2. The first-order valence-electron chi connectivity index (χ1n) is 4.53. The second-order valence-electron chi connectivity index (χ2n) is 3.05. The van der Waals surface area contributed by atoms with Gasteiger partial charge in [-0.3, -0.25) is 0 Å². The monoisotopic (exact) mass is 198 g/mol. The molecule has 0 saturated carbocycles. The normalized spacial score (nSPS) is 10.4. The molecule has 78 valence electrons. The minimum Gasteiger partial charge on any atom is -0.358 e. The minimum absolute atomic E-state index is 0.0965. The average Bonchev–Trinajstić information content (AvgIpc) is 2.49. The summed E-state index contributed by atoms with van der Waals surface area (Å²) in [5.41, 5.74) is 0.824. The second-order valence-corrected chi connectivity index (χ2v) is 3.05. The Hall–Kier alpha value is -1.43. The molecule has 0 aliphatic rings. The van der Waals surface area contributed by atoms with Crippen molar-refractivity contribution >= 4 is 5.82 Å². The first kappa shape index (κ1) is 10.6. The van der Waals surface area contributed by atoms with Gasteiger partial charge in [0.15, 0.2) is 0 Å². The number of hydrogen-bond donors (Lipinski definition) is 1. The summed E-state index contributed by atoms with van der Waals surface area (Å²) in [5, 5.41) is 17.3. The highest BCUT2D eigenvalue weighted by Crippen LogP contribution is 2.10. The Morgan fingerprint density at radius 3 is 2.93 bits per heavy atom. The second kappa shape index (κ2) is 4.71. The predicted octanol–water partition coefficient (Wildman–Crippen LogP) is 0.828. The van der Waals surface area contributed by atoms with E-state index >= 15 is 0 Å². The van der Waals surface area contributed by atoms with Crippen molar-refractivity contribution in [1.82, 2.24) is 15.1 Å². The zero-order valence-electron chi connectivity index (χ0n) is 8.36. The standard InChI is InChI=1S/C8H14N4O2/c1-3-4-9-6-7-5-8(12(13)14)10-11(7)2/h5,9H,3-4,6H2,1-2H3. The minimum atomic E-state index is -0.483. The van der Waals surface area contributed by atoms with E-state index in [1.165, 1.54) is 10.7 Å². The van der Waals surface area contributed by atoms with Crippen molar-refractivity contribution in [2.24, 2.45) is 7.05 Å². The van der Waals surface area contributed by atoms with Crippen molar-refractivity contribution in [3.05, 3.63) is 21.9 Å². The van der Waals surface area contributed by atoms with Gasteiger partial charge in [-0.15, -0.1) is 0 Å². The van der Waals surface area contributed by atoms with Gasteiger partial charge in [-0.1, -0.05) is 6.92 Å². The van der Waals surface area contributed by atoms with E-state index < -0.39 is 4.92 Å². The van der Waals surface area contributed by atoms with Crippen molar-refractivity contribution in [1.29, 1.82) is 0 Å². The Balaban J connectivity index is 2.63. The molecule has 0 unspecified atom stereocenters. The van der Waals surface area contributed by atoms with Crippen LogP contribution in [0.2, 0.25) is 0 Å². The van der Waals surface area contributed by atoms with Crippen molar-refractivity contribution in [3.8, 4) is 0 Å². The molecule has 14 heavy (non-hydrogen) atoms. The van der Waals surface area contributed by atoms with Crippen LogP contribution in [-0.4, -0.2) is 21.2 Å². The van der Waals surface area contributed by atoms with Crippen LogP contribution >= 0.6 is 0 Å². The lowest BCUT2D eigenvalue weighted by Gasteiger charge is -1.99. The first-order valence-corrected chi connectivity index (χ1v) is 4.53. The van der Waals surface area contributed by atoms with Gasteiger partial charge in [0.25, 0.3) is 0 Å². The van der Waals surface area contributed by atoms with Gasteiger partial charge in [0.1, 0.15) is 0 Å². The number of rotatable bonds is 5. The Labute approximate surface area is 82.1 Å². The van der Waals surface area contributed by atoms with Gasteiger partial charge in [-0.25, -0.2) is 0 Å². The molecule has 1 heterocycles. The molecule has 0 fully saturated rings. The third-order valence-electron chi connectivity index (χ3n) is 1.88. The van der Waals surface area contributed by atoms with Gasteiger partial charge in [0, 0.05) is 6.54 Å². The molecular weight excluding hydrogens is 184 g/mol. The summed E-state index contributed by atoms with van der Waals surface area (Å²) in [6.07, 6.45) is 1.04. The summed E-state index contributed by atoms with van der Waals surface area (Å²) >= 11 is 0. The van der Waals surface area contributed by atoms with Gasteiger partial charge < -0.3 is 15.4 Å². The molecule has 0 aliphatic carbocycles. The van der Waals surface area contributed by atoms with E-state index in [2.05, 4.69) is 17.3 Å². The van der Waals surface area contributed by atoms with Crippen LogP contribution in [0.1, 0.15) is 19.0 Å². The molecule has 0 saturated heterocycles. The van der Waals surface area contributed by atoms with Crippen LogP contribution in [0.15, 0.2) is 6.07 Å². The number of aryl methyl sites for hydroxylation is 1. The maximum atomic E-state index is 10.4. The van der Waals surface area contributed by atoms with Crippen LogP contribution in [0.4, 0.5) is 5.82 Å². The molecule has 0 radical (unpaired) electrons. The van der Waals surface area contributed by atoms with Gasteiger partial charge in [-0.05, 0) is 17.9 Å². The predicted molar refractivity (Wildman–Crippen MR) is 51.9 cm³/mol. The molecule has 1 aromatic heterocycles. The maximum absolute atomic E-state index is 10.4. The highest BCUT2D eigenvalue weighted by Gasteiger charge is 2.14. The summed E-state index contributed by atoms with van der Waals surface area (Å²) in [4.78, 5) is 9.92. The summed E-state index contributed by atoms with van der Waals surface area (Å²) in [6, 6.07) is 1.49. The van der Waals surface area contributed by atoms with Crippen LogP contribution < -0.4 is 5.32 Å². The lowest BCUT2D eigenvalue weighted by atomic mass is 10.4. The number of nitrogens with one attached hydrogen (secondary N) is 1. The van der Waals surface area contributed by atoms with Crippen LogP contribution in [0.5, 0.6) is 0 Å². The summed E-state index contributed by atoms with van der Waals surface area (Å²) < 4.78 is 1.53. The van der Waals surface area contributed by atoms with Gasteiger partial charge in [-0.2, -0.15) is 4.68 Å². The van der Waals surface area contributed by atoms with Crippen molar-refractivity contribution in [2.45, 2.75) is 19.9 Å². The molecule has 0 aliphatic heterocycles. The quantitative estimate of drug-likeness (QED) is 0.432. The Kier molecular flexibility index (Phi) is 3.58.